The van der Waals surface area contributed by atoms with E-state index in [2.05, 4.69) is 5.32 Å². The van der Waals surface area contributed by atoms with Crippen molar-refractivity contribution in [3.8, 4) is 0 Å². The lowest BCUT2D eigenvalue weighted by atomic mass is 9.97. The number of carboxylic acids is 1. The second kappa shape index (κ2) is 6.37. The predicted molar refractivity (Wildman–Crippen MR) is 50.7 cm³/mol. The molecule has 0 heterocycles. The smallest absolute Gasteiger partial charge is 0.309 e. The molecule has 0 aromatic rings. The molecule has 1 amide bonds. The molecule has 0 radical (unpaired) electrons. The van der Waals surface area contributed by atoms with Gasteiger partial charge in [-0.05, 0) is 12.8 Å². The Labute approximate surface area is 83.1 Å². The van der Waals surface area contributed by atoms with Gasteiger partial charge in [0, 0.05) is 13.5 Å². The van der Waals surface area contributed by atoms with Crippen molar-refractivity contribution >= 4 is 11.9 Å². The highest BCUT2D eigenvalue weighted by Gasteiger charge is 2.24. The SMILES string of the molecule is CCC(O)C(CCNC(C)=O)C(=O)O. The molecule has 3 N–H and O–H groups in total. The number of carbonyl (C=O) groups excluding carboxylic acids is 1. The first-order valence-corrected chi connectivity index (χ1v) is 4.64. The van der Waals surface area contributed by atoms with E-state index < -0.39 is 18.0 Å². The van der Waals surface area contributed by atoms with Crippen molar-refractivity contribution in [1.82, 2.24) is 5.32 Å². The van der Waals surface area contributed by atoms with Crippen LogP contribution in [0.2, 0.25) is 0 Å². The number of hydrogen-bond donors (Lipinski definition) is 3. The molecule has 0 saturated carbocycles. The summed E-state index contributed by atoms with van der Waals surface area (Å²) in [5.41, 5.74) is 0. The first-order valence-electron chi connectivity index (χ1n) is 4.64. The number of nitrogens with one attached hydrogen (secondary N) is 1. The van der Waals surface area contributed by atoms with Crippen molar-refractivity contribution in [2.24, 2.45) is 5.92 Å². The lowest BCUT2D eigenvalue weighted by Crippen LogP contribution is -2.32. The number of aliphatic hydroxyl groups excluding tert-OH is 1. The zero-order valence-electron chi connectivity index (χ0n) is 8.49. The first-order chi connectivity index (χ1) is 6.49. The Morgan fingerprint density at radius 1 is 1.43 bits per heavy atom. The molecule has 0 aromatic carbocycles. The predicted octanol–water partition coefficient (Wildman–Crippen LogP) is -0.0157. The summed E-state index contributed by atoms with van der Waals surface area (Å²) >= 11 is 0. The van der Waals surface area contributed by atoms with Gasteiger partial charge in [-0.25, -0.2) is 0 Å². The molecule has 0 fully saturated rings. The van der Waals surface area contributed by atoms with Gasteiger partial charge in [0.2, 0.25) is 5.91 Å². The third-order valence-electron chi connectivity index (χ3n) is 2.03. The van der Waals surface area contributed by atoms with E-state index in [-0.39, 0.29) is 18.9 Å². The highest BCUT2D eigenvalue weighted by Crippen LogP contribution is 2.11. The second-order valence-corrected chi connectivity index (χ2v) is 3.19. The molecule has 5 nitrogen and oxygen atoms in total. The van der Waals surface area contributed by atoms with Crippen molar-refractivity contribution in [3.63, 3.8) is 0 Å². The van der Waals surface area contributed by atoms with Crippen LogP contribution in [0, 0.1) is 5.92 Å². The third-order valence-corrected chi connectivity index (χ3v) is 2.03. The summed E-state index contributed by atoms with van der Waals surface area (Å²) in [6.07, 6.45) is -0.192. The van der Waals surface area contributed by atoms with Gasteiger partial charge in [0.25, 0.3) is 0 Å². The van der Waals surface area contributed by atoms with Gasteiger partial charge >= 0.3 is 5.97 Å². The second-order valence-electron chi connectivity index (χ2n) is 3.19. The minimum Gasteiger partial charge on any atom is -0.481 e. The Morgan fingerprint density at radius 3 is 2.36 bits per heavy atom. The van der Waals surface area contributed by atoms with Gasteiger partial charge in [0.1, 0.15) is 0 Å². The Balaban J connectivity index is 3.98. The van der Waals surface area contributed by atoms with Crippen molar-refractivity contribution in [1.29, 1.82) is 0 Å². The molecule has 0 spiro atoms. The van der Waals surface area contributed by atoms with Crippen LogP contribution in [0.25, 0.3) is 0 Å². The number of aliphatic hydroxyl groups is 1. The Hall–Kier alpha value is -1.10. The van der Waals surface area contributed by atoms with Gasteiger partial charge in [-0.2, -0.15) is 0 Å². The van der Waals surface area contributed by atoms with E-state index in [1.165, 1.54) is 6.92 Å². The van der Waals surface area contributed by atoms with Crippen LogP contribution in [-0.4, -0.2) is 34.7 Å². The summed E-state index contributed by atoms with van der Waals surface area (Å²) in [5.74, 6) is -2.02. The number of amides is 1. The molecule has 14 heavy (non-hydrogen) atoms. The molecule has 82 valence electrons. The zero-order valence-corrected chi connectivity index (χ0v) is 8.49. The topological polar surface area (TPSA) is 86.6 Å². The number of carboxylic acid groups (broad SMARTS) is 1. The fourth-order valence-corrected chi connectivity index (χ4v) is 1.17. The van der Waals surface area contributed by atoms with Gasteiger partial charge in [-0.15, -0.1) is 0 Å². The maximum atomic E-state index is 10.7. The first kappa shape index (κ1) is 12.9. The summed E-state index contributed by atoms with van der Waals surface area (Å²) < 4.78 is 0. The van der Waals surface area contributed by atoms with E-state index in [4.69, 9.17) is 5.11 Å². The van der Waals surface area contributed by atoms with Crippen LogP contribution in [0.1, 0.15) is 26.7 Å². The maximum Gasteiger partial charge on any atom is 0.309 e. The number of aliphatic carboxylic acids is 1. The molecular weight excluding hydrogens is 186 g/mol. The summed E-state index contributed by atoms with van der Waals surface area (Å²) in [6.45, 7) is 3.37. The van der Waals surface area contributed by atoms with Gasteiger partial charge in [-0.3, -0.25) is 9.59 Å². The fraction of sp³-hybridized carbons (Fsp3) is 0.778. The fourth-order valence-electron chi connectivity index (χ4n) is 1.17. The van der Waals surface area contributed by atoms with Crippen LogP contribution >= 0.6 is 0 Å². The van der Waals surface area contributed by atoms with E-state index in [1.807, 2.05) is 0 Å². The largest absolute Gasteiger partial charge is 0.481 e. The number of carbonyl (C=O) groups is 2. The van der Waals surface area contributed by atoms with Crippen molar-refractivity contribution in [2.45, 2.75) is 32.8 Å². The van der Waals surface area contributed by atoms with Crippen LogP contribution in [0.15, 0.2) is 0 Å². The van der Waals surface area contributed by atoms with E-state index in [9.17, 15) is 14.7 Å². The van der Waals surface area contributed by atoms with E-state index in [0.717, 1.165) is 0 Å². The Bertz CT molecular complexity index is 205. The standard InChI is InChI=1S/C9H17NO4/c1-3-8(12)7(9(13)14)4-5-10-6(2)11/h7-8,12H,3-5H2,1-2H3,(H,10,11)(H,13,14). The molecule has 0 saturated heterocycles. The lowest BCUT2D eigenvalue weighted by molar-refractivity contribution is -0.146. The van der Waals surface area contributed by atoms with E-state index in [0.29, 0.717) is 6.42 Å². The van der Waals surface area contributed by atoms with Crippen LogP contribution in [-0.2, 0) is 9.59 Å². The minimum absolute atomic E-state index is 0.194. The van der Waals surface area contributed by atoms with Gasteiger partial charge in [0.15, 0.2) is 0 Å². The molecule has 0 aliphatic heterocycles. The van der Waals surface area contributed by atoms with Gasteiger partial charge in [0.05, 0.1) is 12.0 Å². The summed E-state index contributed by atoms with van der Waals surface area (Å²) in [4.78, 5) is 21.2. The average Bonchev–Trinajstić information content (AvgIpc) is 2.10. The highest BCUT2D eigenvalue weighted by atomic mass is 16.4. The van der Waals surface area contributed by atoms with Crippen LogP contribution < -0.4 is 5.32 Å². The van der Waals surface area contributed by atoms with Crippen molar-refractivity contribution in [2.75, 3.05) is 6.54 Å². The summed E-state index contributed by atoms with van der Waals surface area (Å²) in [7, 11) is 0. The van der Waals surface area contributed by atoms with Gasteiger partial charge in [-0.1, -0.05) is 6.92 Å². The summed E-state index contributed by atoms with van der Waals surface area (Å²) in [6, 6.07) is 0. The third kappa shape index (κ3) is 4.81. The average molecular weight is 203 g/mol. The molecule has 2 atom stereocenters. The van der Waals surface area contributed by atoms with E-state index >= 15 is 0 Å². The molecular formula is C9H17NO4. The molecule has 0 rings (SSSR count). The zero-order chi connectivity index (χ0) is 11.1. The highest BCUT2D eigenvalue weighted by molar-refractivity contribution is 5.73. The monoisotopic (exact) mass is 203 g/mol. The van der Waals surface area contributed by atoms with Crippen molar-refractivity contribution in [3.05, 3.63) is 0 Å². The number of hydrogen-bond acceptors (Lipinski definition) is 3. The molecule has 0 bridgehead atoms. The molecule has 2 unspecified atom stereocenters. The van der Waals surface area contributed by atoms with E-state index in [1.54, 1.807) is 6.92 Å². The molecule has 0 aliphatic carbocycles. The normalized spacial score (nSPS) is 14.5. The molecule has 5 heteroatoms. The van der Waals surface area contributed by atoms with Gasteiger partial charge < -0.3 is 15.5 Å². The van der Waals surface area contributed by atoms with Crippen LogP contribution in [0.5, 0.6) is 0 Å². The maximum absolute atomic E-state index is 10.7. The Kier molecular flexibility index (Phi) is 5.87. The van der Waals surface area contributed by atoms with Crippen LogP contribution in [0.4, 0.5) is 0 Å². The van der Waals surface area contributed by atoms with Crippen LogP contribution in [0.3, 0.4) is 0 Å². The molecule has 0 aromatic heterocycles. The molecule has 0 aliphatic rings. The Morgan fingerprint density at radius 2 is 2.00 bits per heavy atom. The minimum atomic E-state index is -1.02. The summed E-state index contributed by atoms with van der Waals surface area (Å²) in [5, 5.41) is 20.6. The van der Waals surface area contributed by atoms with Crippen molar-refractivity contribution < 1.29 is 19.8 Å². The number of rotatable bonds is 6. The quantitative estimate of drug-likeness (QED) is 0.566. The lowest BCUT2D eigenvalue weighted by Gasteiger charge is -2.17.